The van der Waals surface area contributed by atoms with Gasteiger partial charge in [-0.05, 0) is 26.2 Å². The number of amides is 1. The van der Waals surface area contributed by atoms with Crippen LogP contribution in [0, 0.1) is 5.92 Å². The van der Waals surface area contributed by atoms with Crippen molar-refractivity contribution in [2.75, 3.05) is 26.4 Å². The molecular formula is C17H28BrNO6. The fourth-order valence-corrected chi connectivity index (χ4v) is 2.91. The van der Waals surface area contributed by atoms with Crippen LogP contribution in [0.5, 0.6) is 0 Å². The van der Waals surface area contributed by atoms with Crippen molar-refractivity contribution in [2.24, 2.45) is 5.92 Å². The highest BCUT2D eigenvalue weighted by molar-refractivity contribution is 9.10. The highest BCUT2D eigenvalue weighted by Gasteiger charge is 2.26. The summed E-state index contributed by atoms with van der Waals surface area (Å²) in [7, 11) is 0. The molecule has 0 aromatic heterocycles. The molecule has 1 amide bonds. The quantitative estimate of drug-likeness (QED) is 0.181. The lowest BCUT2D eigenvalue weighted by molar-refractivity contribution is -0.145. The third-order valence-corrected chi connectivity index (χ3v) is 3.48. The Labute approximate surface area is 157 Å². The molecule has 8 heteroatoms. The second-order valence-corrected chi connectivity index (χ2v) is 8.30. The van der Waals surface area contributed by atoms with Crippen LogP contribution in [0.25, 0.3) is 0 Å². The van der Waals surface area contributed by atoms with Crippen LogP contribution >= 0.6 is 15.9 Å². The van der Waals surface area contributed by atoms with Crippen molar-refractivity contribution in [1.82, 2.24) is 5.32 Å². The topological polar surface area (TPSA) is 90.9 Å². The number of nitrogens with one attached hydrogen (secondary N) is 1. The number of alkyl halides is 1. The number of hydrogen-bond donors (Lipinski definition) is 1. The first-order chi connectivity index (χ1) is 11.5. The van der Waals surface area contributed by atoms with E-state index in [1.54, 1.807) is 0 Å². The summed E-state index contributed by atoms with van der Waals surface area (Å²) in [6, 6.07) is 0. The monoisotopic (exact) mass is 421 g/mol. The van der Waals surface area contributed by atoms with Gasteiger partial charge in [-0.15, -0.1) is 0 Å². The Balaban J connectivity index is 3.76. The number of hydrogen-bond acceptors (Lipinski definition) is 6. The van der Waals surface area contributed by atoms with Gasteiger partial charge in [0.05, 0.1) is 13.0 Å². The molecule has 0 radical (unpaired) electrons. The van der Waals surface area contributed by atoms with Crippen LogP contribution in [-0.2, 0) is 23.8 Å². The Bertz CT molecular complexity index is 476. The Morgan fingerprint density at radius 1 is 1.12 bits per heavy atom. The molecule has 1 unspecified atom stereocenters. The van der Waals surface area contributed by atoms with E-state index in [0.29, 0.717) is 5.92 Å². The minimum absolute atomic E-state index is 0.0122. The van der Waals surface area contributed by atoms with E-state index in [0.717, 1.165) is 6.42 Å². The second-order valence-electron chi connectivity index (χ2n) is 6.39. The molecule has 0 saturated heterocycles. The lowest BCUT2D eigenvalue weighted by Crippen LogP contribution is -2.30. The largest absolute Gasteiger partial charge is 0.462 e. The van der Waals surface area contributed by atoms with Crippen LogP contribution in [0.15, 0.2) is 12.2 Å². The van der Waals surface area contributed by atoms with Crippen molar-refractivity contribution in [1.29, 1.82) is 0 Å². The summed E-state index contributed by atoms with van der Waals surface area (Å²) in [4.78, 5) is 34.2. The summed E-state index contributed by atoms with van der Waals surface area (Å²) in [5.74, 6) is -0.409. The number of halogens is 1. The lowest BCUT2D eigenvalue weighted by Gasteiger charge is -2.23. The zero-order chi connectivity index (χ0) is 19.5. The van der Waals surface area contributed by atoms with Gasteiger partial charge in [0.25, 0.3) is 0 Å². The molecule has 0 rings (SSSR count). The first-order valence-electron chi connectivity index (χ1n) is 8.11. The van der Waals surface area contributed by atoms with E-state index in [-0.39, 0.29) is 48.7 Å². The van der Waals surface area contributed by atoms with E-state index in [4.69, 9.17) is 14.2 Å². The molecule has 0 aromatic carbocycles. The van der Waals surface area contributed by atoms with Gasteiger partial charge in [-0.25, -0.2) is 9.59 Å². The van der Waals surface area contributed by atoms with E-state index in [1.807, 2.05) is 6.92 Å². The Kier molecular flexibility index (Phi) is 11.1. The summed E-state index contributed by atoms with van der Waals surface area (Å²) < 4.78 is 14.4. The zero-order valence-electron chi connectivity index (χ0n) is 15.4. The minimum Gasteiger partial charge on any atom is -0.462 e. The highest BCUT2D eigenvalue weighted by atomic mass is 79.9. The molecule has 0 saturated carbocycles. The SMILES string of the molecule is C=C(C)C(=O)OCCNC(=O)OCCOC(=O)CC(C)(Br)CC(C)C. The van der Waals surface area contributed by atoms with Gasteiger partial charge in [0.15, 0.2) is 0 Å². The van der Waals surface area contributed by atoms with Crippen LogP contribution in [0.1, 0.15) is 40.5 Å². The standard InChI is InChI=1S/C17H28BrNO6/c1-12(2)10-17(5,18)11-14(20)23-8-9-25-16(22)19-6-7-24-15(21)13(3)4/h12H,3,6-11H2,1-2,4-5H3,(H,19,22). The van der Waals surface area contributed by atoms with Crippen molar-refractivity contribution in [3.05, 3.63) is 12.2 Å². The van der Waals surface area contributed by atoms with Gasteiger partial charge in [0, 0.05) is 9.90 Å². The van der Waals surface area contributed by atoms with Crippen molar-refractivity contribution in [3.8, 4) is 0 Å². The highest BCUT2D eigenvalue weighted by Crippen LogP contribution is 2.30. The maximum atomic E-state index is 11.8. The van der Waals surface area contributed by atoms with E-state index in [9.17, 15) is 14.4 Å². The number of esters is 2. The molecule has 0 aromatic rings. The van der Waals surface area contributed by atoms with Gasteiger partial charge in [0.1, 0.15) is 19.8 Å². The summed E-state index contributed by atoms with van der Waals surface area (Å²) >= 11 is 3.53. The molecule has 0 aliphatic carbocycles. The van der Waals surface area contributed by atoms with Gasteiger partial charge in [-0.3, -0.25) is 4.79 Å². The van der Waals surface area contributed by atoms with Gasteiger partial charge < -0.3 is 19.5 Å². The van der Waals surface area contributed by atoms with Gasteiger partial charge in [-0.1, -0.05) is 36.4 Å². The maximum Gasteiger partial charge on any atom is 0.407 e. The van der Waals surface area contributed by atoms with Gasteiger partial charge in [0.2, 0.25) is 0 Å². The molecule has 0 aliphatic rings. The van der Waals surface area contributed by atoms with Gasteiger partial charge >= 0.3 is 18.0 Å². The predicted octanol–water partition coefficient (Wildman–Crippen LogP) is 2.96. The lowest BCUT2D eigenvalue weighted by atomic mass is 9.96. The number of rotatable bonds is 11. The molecule has 1 atom stereocenters. The van der Waals surface area contributed by atoms with Crippen molar-refractivity contribution in [2.45, 2.75) is 44.9 Å². The van der Waals surface area contributed by atoms with E-state index >= 15 is 0 Å². The summed E-state index contributed by atoms with van der Waals surface area (Å²) in [5.41, 5.74) is 0.289. The number of carbonyl (C=O) groups excluding carboxylic acids is 3. The van der Waals surface area contributed by atoms with E-state index in [1.165, 1.54) is 6.92 Å². The summed E-state index contributed by atoms with van der Waals surface area (Å²) in [6.45, 7) is 11.2. The van der Waals surface area contributed by atoms with Crippen LogP contribution in [0.3, 0.4) is 0 Å². The van der Waals surface area contributed by atoms with Crippen LogP contribution in [0.2, 0.25) is 0 Å². The fourth-order valence-electron chi connectivity index (χ4n) is 2.04. The fraction of sp³-hybridized carbons (Fsp3) is 0.706. The zero-order valence-corrected chi connectivity index (χ0v) is 16.9. The Morgan fingerprint density at radius 2 is 1.72 bits per heavy atom. The average molecular weight is 422 g/mol. The summed E-state index contributed by atoms with van der Waals surface area (Å²) in [6.07, 6.45) is 0.412. The van der Waals surface area contributed by atoms with Crippen LogP contribution < -0.4 is 5.32 Å². The Morgan fingerprint density at radius 3 is 2.28 bits per heavy atom. The predicted molar refractivity (Wildman–Crippen MR) is 97.5 cm³/mol. The molecule has 0 heterocycles. The normalized spacial score (nSPS) is 12.9. The first-order valence-corrected chi connectivity index (χ1v) is 8.90. The van der Waals surface area contributed by atoms with E-state index in [2.05, 4.69) is 41.7 Å². The molecule has 0 spiro atoms. The molecule has 0 bridgehead atoms. The molecule has 1 N–H and O–H groups in total. The third-order valence-electron chi connectivity index (χ3n) is 2.88. The maximum absolute atomic E-state index is 11.8. The third kappa shape index (κ3) is 13.4. The second kappa shape index (κ2) is 11.9. The number of alkyl carbamates (subject to hydrolysis) is 1. The van der Waals surface area contributed by atoms with Crippen molar-refractivity contribution in [3.63, 3.8) is 0 Å². The van der Waals surface area contributed by atoms with Crippen molar-refractivity contribution < 1.29 is 28.6 Å². The first kappa shape index (κ1) is 23.4. The molecule has 0 fully saturated rings. The van der Waals surface area contributed by atoms with Crippen LogP contribution in [0.4, 0.5) is 4.79 Å². The Hall–Kier alpha value is -1.57. The molecule has 0 aliphatic heterocycles. The molecule has 25 heavy (non-hydrogen) atoms. The smallest absolute Gasteiger partial charge is 0.407 e. The van der Waals surface area contributed by atoms with Crippen LogP contribution in [-0.4, -0.2) is 48.7 Å². The summed E-state index contributed by atoms with van der Waals surface area (Å²) in [5, 5.41) is 2.41. The number of carbonyl (C=O) groups is 3. The average Bonchev–Trinajstić information content (AvgIpc) is 2.45. The molecule has 7 nitrogen and oxygen atoms in total. The molecule has 144 valence electrons. The minimum atomic E-state index is -0.674. The van der Waals surface area contributed by atoms with E-state index < -0.39 is 12.1 Å². The number of ether oxygens (including phenoxy) is 3. The van der Waals surface area contributed by atoms with Gasteiger partial charge in [-0.2, -0.15) is 0 Å². The molecular weight excluding hydrogens is 394 g/mol. The van der Waals surface area contributed by atoms with Crippen molar-refractivity contribution >= 4 is 34.0 Å².